The minimum atomic E-state index is -0.506. The fourth-order valence-electron chi connectivity index (χ4n) is 1.65. The normalized spacial score (nSPS) is 11.6. The maximum absolute atomic E-state index is 11.5. The number of aromatic nitrogens is 4. The van der Waals surface area contributed by atoms with Crippen molar-refractivity contribution in [3.8, 4) is 0 Å². The van der Waals surface area contributed by atoms with Crippen LogP contribution in [0.2, 0.25) is 0 Å². The number of hydrogen-bond donors (Lipinski definition) is 2. The van der Waals surface area contributed by atoms with Crippen LogP contribution in [-0.4, -0.2) is 37.8 Å². The monoisotopic (exact) mass is 278 g/mol. The summed E-state index contributed by atoms with van der Waals surface area (Å²) in [5, 5.41) is 2.67. The molecule has 0 saturated heterocycles. The van der Waals surface area contributed by atoms with Crippen molar-refractivity contribution in [3.05, 3.63) is 12.7 Å². The van der Waals surface area contributed by atoms with E-state index in [1.165, 1.54) is 6.33 Å². The predicted octanol–water partition coefficient (Wildman–Crippen LogP) is 0.933. The van der Waals surface area contributed by atoms with Crippen LogP contribution in [-0.2, 0) is 11.3 Å². The Morgan fingerprint density at radius 3 is 2.85 bits per heavy atom. The van der Waals surface area contributed by atoms with Crippen molar-refractivity contribution in [1.82, 2.24) is 24.8 Å². The maximum Gasteiger partial charge on any atom is 0.407 e. The molecule has 0 aromatic carbocycles. The summed E-state index contributed by atoms with van der Waals surface area (Å²) in [5.74, 6) is 0.342. The van der Waals surface area contributed by atoms with Gasteiger partial charge in [-0.05, 0) is 20.8 Å². The summed E-state index contributed by atoms with van der Waals surface area (Å²) in [5.41, 5.74) is 6.39. The molecule has 0 radical (unpaired) electrons. The molecule has 2 rings (SSSR count). The van der Waals surface area contributed by atoms with Gasteiger partial charge in [0.15, 0.2) is 11.5 Å². The number of amides is 1. The van der Waals surface area contributed by atoms with Crippen molar-refractivity contribution in [3.63, 3.8) is 0 Å². The first-order valence-corrected chi connectivity index (χ1v) is 6.25. The molecule has 2 aromatic rings. The zero-order valence-electron chi connectivity index (χ0n) is 11.8. The summed E-state index contributed by atoms with van der Waals surface area (Å²) in [6, 6.07) is 0. The predicted molar refractivity (Wildman–Crippen MR) is 74.0 cm³/mol. The molecule has 8 nitrogen and oxygen atoms in total. The number of carbonyl (C=O) groups excluding carboxylic acids is 1. The third-order valence-electron chi connectivity index (χ3n) is 2.45. The van der Waals surface area contributed by atoms with Crippen LogP contribution in [0.1, 0.15) is 20.8 Å². The SMILES string of the molecule is CC(C)(C)OC(=O)NCCn1cnc2c(N)ncnc21. The number of nitrogen functional groups attached to an aromatic ring is 1. The molecule has 0 atom stereocenters. The third-order valence-corrected chi connectivity index (χ3v) is 2.45. The van der Waals surface area contributed by atoms with Gasteiger partial charge in [0.05, 0.1) is 6.33 Å². The van der Waals surface area contributed by atoms with Crippen LogP contribution in [0.4, 0.5) is 10.6 Å². The van der Waals surface area contributed by atoms with Crippen LogP contribution in [0.15, 0.2) is 12.7 Å². The highest BCUT2D eigenvalue weighted by Gasteiger charge is 2.15. The fourth-order valence-corrected chi connectivity index (χ4v) is 1.65. The summed E-state index contributed by atoms with van der Waals surface area (Å²) in [6.45, 7) is 6.37. The molecule has 3 N–H and O–H groups in total. The fraction of sp³-hybridized carbons (Fsp3) is 0.500. The molecule has 0 fully saturated rings. The van der Waals surface area contributed by atoms with E-state index in [2.05, 4.69) is 20.3 Å². The average molecular weight is 278 g/mol. The lowest BCUT2D eigenvalue weighted by molar-refractivity contribution is 0.0526. The molecule has 0 spiro atoms. The lowest BCUT2D eigenvalue weighted by Gasteiger charge is -2.19. The van der Waals surface area contributed by atoms with Crippen LogP contribution < -0.4 is 11.1 Å². The molecule has 0 unspecified atom stereocenters. The van der Waals surface area contributed by atoms with Gasteiger partial charge in [0, 0.05) is 13.1 Å². The first-order valence-electron chi connectivity index (χ1n) is 6.25. The largest absolute Gasteiger partial charge is 0.444 e. The zero-order valence-corrected chi connectivity index (χ0v) is 11.8. The van der Waals surface area contributed by atoms with Gasteiger partial charge in [-0.15, -0.1) is 0 Å². The highest BCUT2D eigenvalue weighted by atomic mass is 16.6. The van der Waals surface area contributed by atoms with Gasteiger partial charge < -0.3 is 20.4 Å². The minimum Gasteiger partial charge on any atom is -0.444 e. The van der Waals surface area contributed by atoms with Crippen LogP contribution in [0.25, 0.3) is 11.2 Å². The van der Waals surface area contributed by atoms with Crippen molar-refractivity contribution in [1.29, 1.82) is 0 Å². The first kappa shape index (κ1) is 14.0. The standard InChI is InChI=1S/C12H18N6O2/c1-12(2,3)20-11(19)14-4-5-18-7-17-8-9(13)15-6-16-10(8)18/h6-7H,4-5H2,1-3H3,(H,14,19)(H2,13,15,16). The molecule has 0 bridgehead atoms. The Bertz CT molecular complexity index is 616. The van der Waals surface area contributed by atoms with E-state index in [0.29, 0.717) is 30.1 Å². The Balaban J connectivity index is 1.94. The number of nitrogens with one attached hydrogen (secondary N) is 1. The topological polar surface area (TPSA) is 108 Å². The number of carbonyl (C=O) groups is 1. The maximum atomic E-state index is 11.5. The minimum absolute atomic E-state index is 0.342. The quantitative estimate of drug-likeness (QED) is 0.864. The highest BCUT2D eigenvalue weighted by Crippen LogP contribution is 2.13. The Morgan fingerprint density at radius 2 is 2.15 bits per heavy atom. The lowest BCUT2D eigenvalue weighted by atomic mass is 10.2. The van der Waals surface area contributed by atoms with Gasteiger partial charge >= 0.3 is 6.09 Å². The Hall–Kier alpha value is -2.38. The summed E-state index contributed by atoms with van der Waals surface area (Å²) in [7, 11) is 0. The molecule has 0 aliphatic heterocycles. The number of alkyl carbamates (subject to hydrolysis) is 1. The van der Waals surface area contributed by atoms with Gasteiger partial charge in [-0.3, -0.25) is 0 Å². The van der Waals surface area contributed by atoms with Gasteiger partial charge in [0.1, 0.15) is 17.4 Å². The summed E-state index contributed by atoms with van der Waals surface area (Å²) in [4.78, 5) is 23.6. The Kier molecular flexibility index (Phi) is 3.73. The van der Waals surface area contributed by atoms with Crippen LogP contribution in [0.3, 0.4) is 0 Å². The Labute approximate surface area is 116 Å². The number of nitrogens with two attached hydrogens (primary N) is 1. The molecule has 0 saturated carbocycles. The van der Waals surface area contributed by atoms with Crippen LogP contribution in [0.5, 0.6) is 0 Å². The molecular weight excluding hydrogens is 260 g/mol. The number of ether oxygens (including phenoxy) is 1. The second-order valence-corrected chi connectivity index (χ2v) is 5.30. The second kappa shape index (κ2) is 5.32. The van der Waals surface area contributed by atoms with Crippen molar-refractivity contribution in [2.45, 2.75) is 32.9 Å². The second-order valence-electron chi connectivity index (χ2n) is 5.30. The molecule has 20 heavy (non-hydrogen) atoms. The highest BCUT2D eigenvalue weighted by molar-refractivity contribution is 5.81. The number of rotatable bonds is 3. The molecule has 1 amide bonds. The summed E-state index contributed by atoms with van der Waals surface area (Å²) < 4.78 is 6.94. The van der Waals surface area contributed by atoms with E-state index in [1.54, 1.807) is 10.9 Å². The average Bonchev–Trinajstić information content (AvgIpc) is 2.72. The smallest absolute Gasteiger partial charge is 0.407 e. The number of imidazole rings is 1. The van der Waals surface area contributed by atoms with Gasteiger partial charge in [0.25, 0.3) is 0 Å². The number of nitrogens with zero attached hydrogens (tertiary/aromatic N) is 4. The zero-order chi connectivity index (χ0) is 14.8. The van der Waals surface area contributed by atoms with Crippen molar-refractivity contribution in [2.24, 2.45) is 0 Å². The molecular formula is C12H18N6O2. The molecule has 8 heteroatoms. The molecule has 0 aliphatic carbocycles. The van der Waals surface area contributed by atoms with Crippen LogP contribution >= 0.6 is 0 Å². The van der Waals surface area contributed by atoms with Gasteiger partial charge in [-0.1, -0.05) is 0 Å². The summed E-state index contributed by atoms with van der Waals surface area (Å²) in [6.07, 6.45) is 2.56. The van der Waals surface area contributed by atoms with E-state index in [0.717, 1.165) is 0 Å². The van der Waals surface area contributed by atoms with Crippen molar-refractivity contribution in [2.75, 3.05) is 12.3 Å². The van der Waals surface area contributed by atoms with E-state index >= 15 is 0 Å². The van der Waals surface area contributed by atoms with Crippen molar-refractivity contribution < 1.29 is 9.53 Å². The molecule has 2 heterocycles. The number of hydrogen-bond acceptors (Lipinski definition) is 6. The third kappa shape index (κ3) is 3.34. The van der Waals surface area contributed by atoms with E-state index in [4.69, 9.17) is 10.5 Å². The molecule has 108 valence electrons. The van der Waals surface area contributed by atoms with Gasteiger partial charge in [-0.2, -0.15) is 0 Å². The van der Waals surface area contributed by atoms with E-state index < -0.39 is 11.7 Å². The molecule has 2 aromatic heterocycles. The van der Waals surface area contributed by atoms with Crippen LogP contribution in [0, 0.1) is 0 Å². The van der Waals surface area contributed by atoms with Crippen molar-refractivity contribution >= 4 is 23.1 Å². The van der Waals surface area contributed by atoms with Gasteiger partial charge in [-0.25, -0.2) is 19.7 Å². The summed E-state index contributed by atoms with van der Waals surface area (Å²) >= 11 is 0. The number of fused-ring (bicyclic) bond motifs is 1. The Morgan fingerprint density at radius 1 is 1.40 bits per heavy atom. The van der Waals surface area contributed by atoms with E-state index in [1.807, 2.05) is 20.8 Å². The van der Waals surface area contributed by atoms with E-state index in [-0.39, 0.29) is 0 Å². The van der Waals surface area contributed by atoms with E-state index in [9.17, 15) is 4.79 Å². The van der Waals surface area contributed by atoms with Gasteiger partial charge in [0.2, 0.25) is 0 Å². The first-order chi connectivity index (χ1) is 9.37. The molecule has 0 aliphatic rings. The lowest BCUT2D eigenvalue weighted by Crippen LogP contribution is -2.34. The number of anilines is 1.